The van der Waals surface area contributed by atoms with Gasteiger partial charge in [-0.3, -0.25) is 4.68 Å². The third kappa shape index (κ3) is 2.60. The Bertz CT molecular complexity index is 799. The number of aromatic nitrogens is 1. The van der Waals surface area contributed by atoms with Crippen molar-refractivity contribution in [1.29, 1.82) is 0 Å². The number of benzene rings is 2. The molecule has 2 nitrogen and oxygen atoms in total. The van der Waals surface area contributed by atoms with E-state index in [4.69, 9.17) is 0 Å². The van der Waals surface area contributed by atoms with Gasteiger partial charge in [-0.2, -0.15) is 0 Å². The van der Waals surface area contributed by atoms with Gasteiger partial charge in [-0.1, -0.05) is 53.7 Å². The van der Waals surface area contributed by atoms with Crippen LogP contribution in [0.4, 0.5) is 0 Å². The van der Waals surface area contributed by atoms with E-state index >= 15 is 0 Å². The summed E-state index contributed by atoms with van der Waals surface area (Å²) >= 11 is 0. The molecule has 0 saturated carbocycles. The summed E-state index contributed by atoms with van der Waals surface area (Å²) in [5, 5.41) is 2.65. The number of hydrogen-bond donors (Lipinski definition) is 1. The second kappa shape index (κ2) is 5.02. The first-order valence-electron chi connectivity index (χ1n) is 8.40. The second-order valence-electron chi connectivity index (χ2n) is 8.52. The average Bonchev–Trinajstić information content (AvgIpc) is 2.77. The lowest BCUT2D eigenvalue weighted by Crippen LogP contribution is -2.11. The molecule has 2 aromatic carbocycles. The molecule has 0 atom stereocenters. The van der Waals surface area contributed by atoms with Crippen LogP contribution in [-0.2, 0) is 10.8 Å². The van der Waals surface area contributed by atoms with E-state index in [1.165, 1.54) is 32.9 Å². The smallest absolute Gasteiger partial charge is 0.0705 e. The maximum atomic E-state index is 3.33. The van der Waals surface area contributed by atoms with E-state index < -0.39 is 0 Å². The topological polar surface area (TPSA) is 17.0 Å². The van der Waals surface area contributed by atoms with Gasteiger partial charge >= 0.3 is 0 Å². The van der Waals surface area contributed by atoms with Crippen molar-refractivity contribution in [2.45, 2.75) is 52.4 Å². The molecule has 3 rings (SSSR count). The molecule has 0 amide bonds. The zero-order chi connectivity index (χ0) is 17.0. The van der Waals surface area contributed by atoms with E-state index in [9.17, 15) is 0 Å². The van der Waals surface area contributed by atoms with E-state index in [-0.39, 0.29) is 10.8 Å². The molecule has 0 bridgehead atoms. The predicted octanol–water partition coefficient (Wildman–Crippen LogP) is 5.56. The zero-order valence-corrected chi connectivity index (χ0v) is 15.4. The second-order valence-corrected chi connectivity index (χ2v) is 8.52. The quantitative estimate of drug-likeness (QED) is 0.622. The molecule has 3 aromatic rings. The molecule has 122 valence electrons. The van der Waals surface area contributed by atoms with Crippen LogP contribution in [0.2, 0.25) is 0 Å². The standard InChI is InChI=1S/C21H28N2/c1-20(2,3)14-8-10-18-16(12-14)17-13-15(21(4,5)6)9-11-19(17)23(18)22-7/h8-13,22H,1-7H3. The number of hydrogen-bond acceptors (Lipinski definition) is 1. The van der Waals surface area contributed by atoms with Gasteiger partial charge in [0.05, 0.1) is 11.0 Å². The van der Waals surface area contributed by atoms with Gasteiger partial charge in [-0.25, -0.2) is 0 Å². The summed E-state index contributed by atoms with van der Waals surface area (Å²) in [6, 6.07) is 13.7. The minimum absolute atomic E-state index is 0.157. The van der Waals surface area contributed by atoms with Crippen LogP contribution >= 0.6 is 0 Å². The maximum Gasteiger partial charge on any atom is 0.0705 e. The van der Waals surface area contributed by atoms with Gasteiger partial charge in [0.2, 0.25) is 0 Å². The summed E-state index contributed by atoms with van der Waals surface area (Å²) in [6.45, 7) is 13.6. The lowest BCUT2D eigenvalue weighted by atomic mass is 9.85. The van der Waals surface area contributed by atoms with Crippen LogP contribution in [-0.4, -0.2) is 11.7 Å². The summed E-state index contributed by atoms with van der Waals surface area (Å²) in [7, 11) is 1.98. The van der Waals surface area contributed by atoms with Crippen molar-refractivity contribution >= 4 is 21.8 Å². The highest BCUT2D eigenvalue weighted by Crippen LogP contribution is 2.35. The van der Waals surface area contributed by atoms with Crippen molar-refractivity contribution < 1.29 is 0 Å². The molecule has 0 spiro atoms. The Morgan fingerprint density at radius 3 is 1.39 bits per heavy atom. The molecule has 0 radical (unpaired) electrons. The van der Waals surface area contributed by atoms with Crippen LogP contribution in [0.1, 0.15) is 52.7 Å². The first kappa shape index (κ1) is 15.9. The van der Waals surface area contributed by atoms with Crippen LogP contribution in [0, 0.1) is 0 Å². The van der Waals surface area contributed by atoms with Crippen molar-refractivity contribution in [3.63, 3.8) is 0 Å². The molecule has 1 heterocycles. The molecule has 0 aliphatic rings. The summed E-state index contributed by atoms with van der Waals surface area (Å²) in [4.78, 5) is 0. The highest BCUT2D eigenvalue weighted by atomic mass is 15.4. The van der Waals surface area contributed by atoms with Gasteiger partial charge in [0.15, 0.2) is 0 Å². The Morgan fingerprint density at radius 1 is 0.696 bits per heavy atom. The molecule has 23 heavy (non-hydrogen) atoms. The van der Waals surface area contributed by atoms with E-state index in [1.807, 2.05) is 7.05 Å². The monoisotopic (exact) mass is 308 g/mol. The van der Waals surface area contributed by atoms with Crippen LogP contribution in [0.15, 0.2) is 36.4 Å². The molecule has 2 heteroatoms. The van der Waals surface area contributed by atoms with Crippen molar-refractivity contribution in [3.8, 4) is 0 Å². The highest BCUT2D eigenvalue weighted by molar-refractivity contribution is 6.08. The molecule has 0 aliphatic carbocycles. The lowest BCUT2D eigenvalue weighted by Gasteiger charge is -2.19. The zero-order valence-electron chi connectivity index (χ0n) is 15.4. The molecule has 1 N–H and O–H groups in total. The number of fused-ring (bicyclic) bond motifs is 3. The summed E-state index contributed by atoms with van der Waals surface area (Å²) in [5.41, 5.74) is 8.87. The fourth-order valence-corrected chi connectivity index (χ4v) is 3.20. The van der Waals surface area contributed by atoms with Gasteiger partial charge in [0.25, 0.3) is 0 Å². The van der Waals surface area contributed by atoms with Crippen LogP contribution in [0.5, 0.6) is 0 Å². The summed E-state index contributed by atoms with van der Waals surface area (Å²) in [6.07, 6.45) is 0. The van der Waals surface area contributed by atoms with Crippen molar-refractivity contribution in [3.05, 3.63) is 47.5 Å². The predicted molar refractivity (Wildman–Crippen MR) is 102 cm³/mol. The molecule has 0 aliphatic heterocycles. The number of nitrogens with zero attached hydrogens (tertiary/aromatic N) is 1. The van der Waals surface area contributed by atoms with Gasteiger partial charge < -0.3 is 5.43 Å². The van der Waals surface area contributed by atoms with Crippen LogP contribution in [0.3, 0.4) is 0 Å². The molecule has 0 unspecified atom stereocenters. The van der Waals surface area contributed by atoms with Crippen molar-refractivity contribution in [2.75, 3.05) is 12.5 Å². The maximum absolute atomic E-state index is 3.33. The SMILES string of the molecule is CNn1c2ccc(C(C)(C)C)cc2c2cc(C(C)(C)C)ccc21. The Labute approximate surface area is 139 Å². The Morgan fingerprint density at radius 2 is 1.09 bits per heavy atom. The molecule has 1 aromatic heterocycles. The van der Waals surface area contributed by atoms with Gasteiger partial charge in [-0.05, 0) is 46.2 Å². The van der Waals surface area contributed by atoms with Gasteiger partial charge in [-0.15, -0.1) is 0 Å². The Kier molecular flexibility index (Phi) is 3.47. The Balaban J connectivity index is 2.40. The normalized spacial score (nSPS) is 13.0. The van der Waals surface area contributed by atoms with Crippen LogP contribution in [0.25, 0.3) is 21.8 Å². The molecule has 0 fully saturated rings. The van der Waals surface area contributed by atoms with Gasteiger partial charge in [0, 0.05) is 17.8 Å². The fourth-order valence-electron chi connectivity index (χ4n) is 3.20. The largest absolute Gasteiger partial charge is 0.328 e. The summed E-state index contributed by atoms with van der Waals surface area (Å²) in [5.74, 6) is 0. The number of nitrogens with one attached hydrogen (secondary N) is 1. The fraction of sp³-hybridized carbons (Fsp3) is 0.429. The highest BCUT2D eigenvalue weighted by Gasteiger charge is 2.19. The number of rotatable bonds is 1. The van der Waals surface area contributed by atoms with E-state index in [0.717, 1.165) is 0 Å². The molecular formula is C21H28N2. The molecule has 0 saturated heterocycles. The Hall–Kier alpha value is -1.96. The van der Waals surface area contributed by atoms with E-state index in [0.29, 0.717) is 0 Å². The van der Waals surface area contributed by atoms with Gasteiger partial charge in [0.1, 0.15) is 0 Å². The van der Waals surface area contributed by atoms with Crippen LogP contribution < -0.4 is 5.43 Å². The third-order valence-corrected chi connectivity index (χ3v) is 4.72. The molecular weight excluding hydrogens is 280 g/mol. The minimum atomic E-state index is 0.157. The van der Waals surface area contributed by atoms with Crippen molar-refractivity contribution in [1.82, 2.24) is 4.68 Å². The lowest BCUT2D eigenvalue weighted by molar-refractivity contribution is 0.590. The minimum Gasteiger partial charge on any atom is -0.328 e. The average molecular weight is 308 g/mol. The van der Waals surface area contributed by atoms with Crippen molar-refractivity contribution in [2.24, 2.45) is 0 Å². The first-order chi connectivity index (χ1) is 10.6. The summed E-state index contributed by atoms with van der Waals surface area (Å²) < 4.78 is 2.18. The van der Waals surface area contributed by atoms with E-state index in [2.05, 4.69) is 88.0 Å². The third-order valence-electron chi connectivity index (χ3n) is 4.72. The first-order valence-corrected chi connectivity index (χ1v) is 8.40. The van der Waals surface area contributed by atoms with E-state index in [1.54, 1.807) is 0 Å².